The van der Waals surface area contributed by atoms with Gasteiger partial charge in [0.05, 0.1) is 10.6 Å². The van der Waals surface area contributed by atoms with E-state index in [1.54, 1.807) is 42.5 Å². The Labute approximate surface area is 248 Å². The Morgan fingerprint density at radius 1 is 0.929 bits per heavy atom. The summed E-state index contributed by atoms with van der Waals surface area (Å²) in [7, 11) is -4.14. The molecule has 3 aromatic rings. The van der Waals surface area contributed by atoms with Crippen molar-refractivity contribution in [3.8, 4) is 0 Å². The molecule has 4 rings (SSSR count). The average molecular weight is 594 g/mol. The second-order valence-electron chi connectivity index (χ2n) is 11.0. The Morgan fingerprint density at radius 2 is 1.60 bits per heavy atom. The molecular formula is C33H40FN3O4S. The van der Waals surface area contributed by atoms with Gasteiger partial charge in [0.25, 0.3) is 10.0 Å². The first-order valence-electron chi connectivity index (χ1n) is 14.6. The van der Waals surface area contributed by atoms with Crippen LogP contribution in [0.4, 0.5) is 10.1 Å². The number of aryl methyl sites for hydroxylation is 1. The number of sulfonamides is 1. The van der Waals surface area contributed by atoms with Gasteiger partial charge in [-0.05, 0) is 80.1 Å². The molecule has 0 aliphatic heterocycles. The lowest BCUT2D eigenvalue weighted by molar-refractivity contribution is -0.140. The summed E-state index contributed by atoms with van der Waals surface area (Å²) in [5, 5.41) is 3.13. The number of carbonyl (C=O) groups is 2. The molecule has 0 radical (unpaired) electrons. The topological polar surface area (TPSA) is 86.8 Å². The third kappa shape index (κ3) is 7.37. The summed E-state index contributed by atoms with van der Waals surface area (Å²) in [6.45, 7) is 5.07. The summed E-state index contributed by atoms with van der Waals surface area (Å²) in [4.78, 5) is 29.3. The Hall–Kier alpha value is -3.72. The van der Waals surface area contributed by atoms with E-state index >= 15 is 0 Å². The van der Waals surface area contributed by atoms with Crippen LogP contribution in [0.3, 0.4) is 0 Å². The van der Waals surface area contributed by atoms with Gasteiger partial charge in [-0.15, -0.1) is 0 Å². The van der Waals surface area contributed by atoms with Crippen LogP contribution in [0, 0.1) is 19.7 Å². The van der Waals surface area contributed by atoms with Crippen molar-refractivity contribution in [2.75, 3.05) is 10.8 Å². The molecule has 0 unspecified atom stereocenters. The second kappa shape index (κ2) is 14.0. The van der Waals surface area contributed by atoms with Crippen molar-refractivity contribution in [3.05, 3.63) is 95.3 Å². The molecule has 0 spiro atoms. The summed E-state index contributed by atoms with van der Waals surface area (Å²) in [5.74, 6) is -1.19. The van der Waals surface area contributed by atoms with Crippen LogP contribution in [0.5, 0.6) is 0 Å². The number of anilines is 1. The van der Waals surface area contributed by atoms with Gasteiger partial charge in [-0.2, -0.15) is 0 Å². The number of hydrogen-bond donors (Lipinski definition) is 1. The summed E-state index contributed by atoms with van der Waals surface area (Å²) >= 11 is 0. The van der Waals surface area contributed by atoms with Crippen molar-refractivity contribution in [2.24, 2.45) is 0 Å². The molecule has 1 N–H and O–H groups in total. The average Bonchev–Trinajstić information content (AvgIpc) is 2.99. The zero-order chi connectivity index (χ0) is 30.3. The summed E-state index contributed by atoms with van der Waals surface area (Å²) in [6.07, 6.45) is 5.35. The van der Waals surface area contributed by atoms with Crippen LogP contribution in [-0.2, 0) is 26.2 Å². The number of nitrogens with one attached hydrogen (secondary N) is 1. The number of nitrogens with zero attached hydrogens (tertiary/aromatic N) is 2. The number of benzene rings is 3. The van der Waals surface area contributed by atoms with E-state index in [-0.39, 0.29) is 23.4 Å². The van der Waals surface area contributed by atoms with Gasteiger partial charge < -0.3 is 10.2 Å². The summed E-state index contributed by atoms with van der Waals surface area (Å²) in [6, 6.07) is 18.3. The summed E-state index contributed by atoms with van der Waals surface area (Å²) in [5.41, 5.74) is 2.65. The van der Waals surface area contributed by atoms with E-state index in [0.29, 0.717) is 17.7 Å². The Morgan fingerprint density at radius 3 is 2.24 bits per heavy atom. The van der Waals surface area contributed by atoms with Crippen molar-refractivity contribution in [1.82, 2.24) is 10.2 Å². The zero-order valence-corrected chi connectivity index (χ0v) is 25.4. The minimum Gasteiger partial charge on any atom is -0.352 e. The van der Waals surface area contributed by atoms with Crippen LogP contribution in [0.2, 0.25) is 0 Å². The SMILES string of the molecule is CC[C@H](C(=O)NC1CCCCC1)N(Cc1ccc(F)cc1)C(=O)CN(c1cccc(C)c1C)S(=O)(=O)c1ccccc1. The number of carbonyl (C=O) groups excluding carboxylic acids is 2. The lowest BCUT2D eigenvalue weighted by Gasteiger charge is -2.35. The smallest absolute Gasteiger partial charge is 0.264 e. The van der Waals surface area contributed by atoms with Crippen molar-refractivity contribution < 1.29 is 22.4 Å². The summed E-state index contributed by atoms with van der Waals surface area (Å²) < 4.78 is 42.9. The molecule has 1 saturated carbocycles. The maximum absolute atomic E-state index is 14.2. The third-order valence-corrected chi connectivity index (χ3v) is 9.83. The molecule has 7 nitrogen and oxygen atoms in total. The van der Waals surface area contributed by atoms with E-state index < -0.39 is 34.3 Å². The molecule has 9 heteroatoms. The Kier molecular flexibility index (Phi) is 10.4. The monoisotopic (exact) mass is 593 g/mol. The highest BCUT2D eigenvalue weighted by Crippen LogP contribution is 2.29. The molecule has 1 aliphatic rings. The molecule has 1 atom stereocenters. The van der Waals surface area contributed by atoms with E-state index in [9.17, 15) is 22.4 Å². The number of rotatable bonds is 11. The van der Waals surface area contributed by atoms with Gasteiger partial charge in [0.2, 0.25) is 11.8 Å². The normalized spacial score (nSPS) is 14.7. The fourth-order valence-electron chi connectivity index (χ4n) is 5.49. The largest absolute Gasteiger partial charge is 0.352 e. The lowest BCUT2D eigenvalue weighted by atomic mass is 9.95. The first-order chi connectivity index (χ1) is 20.1. The Balaban J connectivity index is 1.72. The third-order valence-electron chi connectivity index (χ3n) is 8.06. The molecule has 0 aromatic heterocycles. The minimum atomic E-state index is -4.14. The van der Waals surface area contributed by atoms with E-state index in [0.717, 1.165) is 47.5 Å². The van der Waals surface area contributed by atoms with Crippen LogP contribution < -0.4 is 9.62 Å². The van der Waals surface area contributed by atoms with Crippen LogP contribution >= 0.6 is 0 Å². The molecular weight excluding hydrogens is 553 g/mol. The fraction of sp³-hybridized carbons (Fsp3) is 0.394. The molecule has 224 valence electrons. The second-order valence-corrected chi connectivity index (χ2v) is 12.8. The van der Waals surface area contributed by atoms with Gasteiger partial charge >= 0.3 is 0 Å². The molecule has 0 saturated heterocycles. The molecule has 1 aliphatic carbocycles. The molecule has 3 aromatic carbocycles. The van der Waals surface area contributed by atoms with Crippen LogP contribution in [0.25, 0.3) is 0 Å². The predicted molar refractivity (Wildman–Crippen MR) is 163 cm³/mol. The van der Waals surface area contributed by atoms with Crippen LogP contribution in [0.1, 0.15) is 62.1 Å². The first kappa shape index (κ1) is 31.2. The molecule has 0 bridgehead atoms. The van der Waals surface area contributed by atoms with Gasteiger partial charge in [-0.3, -0.25) is 13.9 Å². The molecule has 1 fully saturated rings. The van der Waals surface area contributed by atoms with Crippen LogP contribution in [-0.4, -0.2) is 43.8 Å². The van der Waals surface area contributed by atoms with Crippen molar-refractivity contribution in [1.29, 1.82) is 0 Å². The van der Waals surface area contributed by atoms with Gasteiger partial charge in [0, 0.05) is 12.6 Å². The maximum atomic E-state index is 14.2. The van der Waals surface area contributed by atoms with E-state index in [1.165, 1.54) is 29.2 Å². The van der Waals surface area contributed by atoms with Crippen molar-refractivity contribution in [2.45, 2.75) is 82.8 Å². The van der Waals surface area contributed by atoms with Gasteiger partial charge in [-0.1, -0.05) is 68.7 Å². The highest BCUT2D eigenvalue weighted by Gasteiger charge is 2.35. The minimum absolute atomic E-state index is 0.0295. The Bertz CT molecular complexity index is 1470. The number of amides is 2. The zero-order valence-electron chi connectivity index (χ0n) is 24.6. The van der Waals surface area contributed by atoms with Gasteiger partial charge in [0.1, 0.15) is 18.4 Å². The van der Waals surface area contributed by atoms with E-state index in [4.69, 9.17) is 0 Å². The van der Waals surface area contributed by atoms with E-state index in [2.05, 4.69) is 5.32 Å². The quantitative estimate of drug-likeness (QED) is 0.300. The van der Waals surface area contributed by atoms with Crippen molar-refractivity contribution >= 4 is 27.5 Å². The highest BCUT2D eigenvalue weighted by atomic mass is 32.2. The number of hydrogen-bond acceptors (Lipinski definition) is 4. The number of halogens is 1. The van der Waals surface area contributed by atoms with Gasteiger partial charge in [-0.25, -0.2) is 12.8 Å². The fourth-order valence-corrected chi connectivity index (χ4v) is 6.98. The molecule has 2 amide bonds. The molecule has 42 heavy (non-hydrogen) atoms. The van der Waals surface area contributed by atoms with Gasteiger partial charge in [0.15, 0.2) is 0 Å². The standard InChI is InChI=1S/C33H40FN3O4S/c1-4-30(33(39)35-28-13-7-5-8-14-28)36(22-26-18-20-27(34)21-19-26)32(38)23-37(31-17-11-12-24(2)25(31)3)42(40,41)29-15-9-6-10-16-29/h6,9-12,15-21,28,30H,4-5,7-8,13-14,22-23H2,1-3H3,(H,35,39)/t30-/m1/s1. The highest BCUT2D eigenvalue weighted by molar-refractivity contribution is 7.92. The first-order valence-corrected chi connectivity index (χ1v) is 16.0. The molecule has 0 heterocycles. The maximum Gasteiger partial charge on any atom is 0.264 e. The van der Waals surface area contributed by atoms with Crippen LogP contribution in [0.15, 0.2) is 77.7 Å². The lowest BCUT2D eigenvalue weighted by Crippen LogP contribution is -2.54. The van der Waals surface area contributed by atoms with Crippen molar-refractivity contribution in [3.63, 3.8) is 0 Å². The van der Waals surface area contributed by atoms with E-state index in [1.807, 2.05) is 26.8 Å². The predicted octanol–water partition coefficient (Wildman–Crippen LogP) is 5.89.